The molecule has 0 radical (unpaired) electrons. The van der Waals surface area contributed by atoms with E-state index in [1.165, 1.54) is 11.3 Å². The van der Waals surface area contributed by atoms with Crippen LogP contribution < -0.4 is 19.5 Å². The molecule has 0 saturated carbocycles. The Hall–Kier alpha value is -3.49. The number of fused-ring (bicyclic) bond motifs is 1. The lowest BCUT2D eigenvalue weighted by Crippen LogP contribution is -2.11. The van der Waals surface area contributed by atoms with Gasteiger partial charge in [-0.2, -0.15) is 5.10 Å². The lowest BCUT2D eigenvalue weighted by Gasteiger charge is -2.06. The molecule has 5 rings (SSSR count). The fourth-order valence-electron chi connectivity index (χ4n) is 3.40. The normalized spacial score (nSPS) is 12.1. The summed E-state index contributed by atoms with van der Waals surface area (Å²) in [6.45, 7) is 3.03. The highest BCUT2D eigenvalue weighted by Gasteiger charge is 2.15. The molecule has 2 aromatic carbocycles. The van der Waals surface area contributed by atoms with Crippen molar-refractivity contribution in [2.75, 3.05) is 12.1 Å². The number of benzene rings is 2. The summed E-state index contributed by atoms with van der Waals surface area (Å²) in [7, 11) is 0. The number of hydrogen-bond donors (Lipinski definition) is 1. The molecule has 1 aliphatic rings. The Balaban J connectivity index is 1.20. The van der Waals surface area contributed by atoms with E-state index in [1.807, 2.05) is 65.5 Å². The summed E-state index contributed by atoms with van der Waals surface area (Å²) in [6.07, 6.45) is 0. The van der Waals surface area contributed by atoms with Crippen LogP contribution in [0.3, 0.4) is 0 Å². The van der Waals surface area contributed by atoms with E-state index in [2.05, 4.69) is 10.4 Å². The van der Waals surface area contributed by atoms with E-state index in [-0.39, 0.29) is 12.7 Å². The smallest absolute Gasteiger partial charge is 0.266 e. The van der Waals surface area contributed by atoms with Gasteiger partial charge in [0.25, 0.3) is 5.91 Å². The number of aromatic nitrogens is 2. The second-order valence-electron chi connectivity index (χ2n) is 7.50. The second-order valence-corrected chi connectivity index (χ2v) is 8.82. The number of amides is 1. The molecule has 168 valence electrons. The average Bonchev–Trinajstić information content (AvgIpc) is 3.54. The summed E-state index contributed by atoms with van der Waals surface area (Å²) in [4.78, 5) is 13.3. The minimum absolute atomic E-state index is 0.211. The Kier molecular flexibility index (Phi) is 5.93. The predicted molar refractivity (Wildman–Crippen MR) is 127 cm³/mol. The van der Waals surface area contributed by atoms with E-state index >= 15 is 0 Å². The molecule has 0 aliphatic carbocycles. The minimum atomic E-state index is -0.211. The van der Waals surface area contributed by atoms with E-state index in [0.717, 1.165) is 16.8 Å². The molecule has 4 aromatic rings. The lowest BCUT2D eigenvalue weighted by molar-refractivity contribution is 0.103. The Morgan fingerprint density at radius 1 is 1.18 bits per heavy atom. The van der Waals surface area contributed by atoms with Crippen molar-refractivity contribution < 1.29 is 19.0 Å². The summed E-state index contributed by atoms with van der Waals surface area (Å²) in [5.74, 6) is 2.34. The number of nitrogens with one attached hydrogen (secondary N) is 1. The maximum atomic E-state index is 12.7. The molecule has 2 aromatic heterocycles. The van der Waals surface area contributed by atoms with E-state index in [9.17, 15) is 4.79 Å². The van der Waals surface area contributed by atoms with Crippen LogP contribution in [0.2, 0.25) is 5.02 Å². The fourth-order valence-corrected chi connectivity index (χ4v) is 4.39. The van der Waals surface area contributed by atoms with Crippen molar-refractivity contribution in [2.45, 2.75) is 20.1 Å². The first-order valence-electron chi connectivity index (χ1n) is 10.2. The van der Waals surface area contributed by atoms with Crippen molar-refractivity contribution >= 4 is 34.7 Å². The van der Waals surface area contributed by atoms with Crippen molar-refractivity contribution in [3.05, 3.63) is 86.7 Å². The van der Waals surface area contributed by atoms with E-state index in [0.29, 0.717) is 46.1 Å². The van der Waals surface area contributed by atoms with Gasteiger partial charge in [-0.1, -0.05) is 29.8 Å². The Morgan fingerprint density at radius 3 is 2.91 bits per heavy atom. The molecule has 1 amide bonds. The van der Waals surface area contributed by atoms with Crippen molar-refractivity contribution in [1.29, 1.82) is 0 Å². The molecule has 3 heterocycles. The number of aryl methyl sites for hydroxylation is 1. The third-order valence-electron chi connectivity index (χ3n) is 5.13. The number of rotatable bonds is 7. The number of carbonyl (C=O) groups excluding carboxylic acids is 1. The van der Waals surface area contributed by atoms with Crippen LogP contribution >= 0.6 is 22.9 Å². The quantitative estimate of drug-likeness (QED) is 0.376. The summed E-state index contributed by atoms with van der Waals surface area (Å²) in [6, 6.07) is 16.7. The molecule has 0 spiro atoms. The van der Waals surface area contributed by atoms with Crippen molar-refractivity contribution in [1.82, 2.24) is 9.78 Å². The average molecular weight is 482 g/mol. The third-order valence-corrected chi connectivity index (χ3v) is 6.47. The van der Waals surface area contributed by atoms with Gasteiger partial charge in [-0.25, -0.2) is 0 Å². The maximum absolute atomic E-state index is 12.7. The van der Waals surface area contributed by atoms with Gasteiger partial charge < -0.3 is 19.5 Å². The molecule has 7 nitrogen and oxygen atoms in total. The highest BCUT2D eigenvalue weighted by atomic mass is 35.5. The molecule has 0 saturated heterocycles. The Bertz CT molecular complexity index is 1320. The standard InChI is InChI=1S/C24H20ClN3O4S/c1-15-8-23(27-28(15)11-17-4-2-3-5-19(17)25)26-24(29)22-9-16(13-33-22)12-30-18-6-7-20-21(10-18)32-14-31-20/h2-10,13H,11-12,14H2,1H3,(H,26,27,29). The first kappa shape index (κ1) is 21.4. The van der Waals surface area contributed by atoms with Gasteiger partial charge in [0, 0.05) is 28.4 Å². The zero-order valence-corrected chi connectivity index (χ0v) is 19.3. The number of ether oxygens (including phenoxy) is 3. The molecule has 0 unspecified atom stereocenters. The van der Waals surface area contributed by atoms with Crippen LogP contribution in [0.15, 0.2) is 60.0 Å². The molecule has 0 bridgehead atoms. The topological polar surface area (TPSA) is 74.6 Å². The molecular weight excluding hydrogens is 462 g/mol. The van der Waals surface area contributed by atoms with Gasteiger partial charge in [-0.05, 0) is 42.1 Å². The van der Waals surface area contributed by atoms with E-state index in [1.54, 1.807) is 6.07 Å². The predicted octanol–water partition coefficient (Wildman–Crippen LogP) is 5.51. The number of thiophene rings is 1. The number of hydrogen-bond acceptors (Lipinski definition) is 6. The molecule has 33 heavy (non-hydrogen) atoms. The second kappa shape index (κ2) is 9.17. The Morgan fingerprint density at radius 2 is 2.03 bits per heavy atom. The lowest BCUT2D eigenvalue weighted by atomic mass is 10.2. The summed E-state index contributed by atoms with van der Waals surface area (Å²) < 4.78 is 18.3. The molecule has 1 aliphatic heterocycles. The van der Waals surface area contributed by atoms with Gasteiger partial charge in [0.1, 0.15) is 12.4 Å². The van der Waals surface area contributed by atoms with Crippen LogP contribution in [0.25, 0.3) is 0 Å². The molecular formula is C24H20ClN3O4S. The molecule has 9 heteroatoms. The van der Waals surface area contributed by atoms with Crippen LogP contribution in [0.5, 0.6) is 17.2 Å². The molecule has 1 N–H and O–H groups in total. The fraction of sp³-hybridized carbons (Fsp3) is 0.167. The number of carbonyl (C=O) groups is 1. The van der Waals surface area contributed by atoms with Crippen molar-refractivity contribution in [3.63, 3.8) is 0 Å². The van der Waals surface area contributed by atoms with E-state index in [4.69, 9.17) is 25.8 Å². The Labute approximate surface area is 199 Å². The molecule has 0 atom stereocenters. The SMILES string of the molecule is Cc1cc(NC(=O)c2cc(COc3ccc4c(c3)OCO4)cs2)nn1Cc1ccccc1Cl. The zero-order valence-electron chi connectivity index (χ0n) is 17.7. The van der Waals surface area contributed by atoms with Gasteiger partial charge in [-0.3, -0.25) is 9.48 Å². The first-order valence-corrected chi connectivity index (χ1v) is 11.5. The summed E-state index contributed by atoms with van der Waals surface area (Å²) in [5, 5.41) is 9.97. The van der Waals surface area contributed by atoms with Gasteiger partial charge in [0.05, 0.1) is 11.4 Å². The zero-order chi connectivity index (χ0) is 22.8. The number of nitrogens with zero attached hydrogens (tertiary/aromatic N) is 2. The summed E-state index contributed by atoms with van der Waals surface area (Å²) in [5.41, 5.74) is 2.80. The first-order chi connectivity index (χ1) is 16.0. The van der Waals surface area contributed by atoms with Crippen molar-refractivity contribution in [3.8, 4) is 17.2 Å². The van der Waals surface area contributed by atoms with Gasteiger partial charge in [-0.15, -0.1) is 11.3 Å². The highest BCUT2D eigenvalue weighted by Crippen LogP contribution is 2.35. The number of anilines is 1. The molecule has 0 fully saturated rings. The van der Waals surface area contributed by atoms with Gasteiger partial charge in [0.15, 0.2) is 17.3 Å². The van der Waals surface area contributed by atoms with Gasteiger partial charge >= 0.3 is 0 Å². The van der Waals surface area contributed by atoms with Crippen LogP contribution in [0.4, 0.5) is 5.82 Å². The van der Waals surface area contributed by atoms with Crippen LogP contribution in [-0.4, -0.2) is 22.5 Å². The monoisotopic (exact) mass is 481 g/mol. The van der Waals surface area contributed by atoms with Crippen LogP contribution in [0.1, 0.15) is 26.5 Å². The number of halogens is 1. The highest BCUT2D eigenvalue weighted by molar-refractivity contribution is 7.12. The van der Waals surface area contributed by atoms with E-state index < -0.39 is 0 Å². The summed E-state index contributed by atoms with van der Waals surface area (Å²) >= 11 is 7.62. The van der Waals surface area contributed by atoms with Crippen LogP contribution in [-0.2, 0) is 13.2 Å². The van der Waals surface area contributed by atoms with Crippen LogP contribution in [0, 0.1) is 6.92 Å². The largest absolute Gasteiger partial charge is 0.489 e. The minimum Gasteiger partial charge on any atom is -0.489 e. The maximum Gasteiger partial charge on any atom is 0.266 e. The van der Waals surface area contributed by atoms with Crippen molar-refractivity contribution in [2.24, 2.45) is 0 Å². The van der Waals surface area contributed by atoms with Gasteiger partial charge in [0.2, 0.25) is 6.79 Å². The third kappa shape index (κ3) is 4.81.